The Hall–Kier alpha value is -1.65. The Kier molecular flexibility index (Phi) is 4.71. The minimum Gasteiger partial charge on any atom is -0.267 e. The van der Waals surface area contributed by atoms with Crippen LogP contribution in [0.3, 0.4) is 0 Å². The Morgan fingerprint density at radius 3 is 2.37 bits per heavy atom. The molecular formula is C14H10BrClN2O. The molecular weight excluding hydrogens is 328 g/mol. The third-order valence-corrected chi connectivity index (χ3v) is 3.14. The zero-order valence-electron chi connectivity index (χ0n) is 9.81. The van der Waals surface area contributed by atoms with E-state index < -0.39 is 0 Å². The average molecular weight is 338 g/mol. The lowest BCUT2D eigenvalue weighted by Gasteiger charge is -1.99. The van der Waals surface area contributed by atoms with Gasteiger partial charge in [-0.1, -0.05) is 39.7 Å². The lowest BCUT2D eigenvalue weighted by Crippen LogP contribution is -2.17. The maximum atomic E-state index is 11.7. The lowest BCUT2D eigenvalue weighted by molar-refractivity contribution is 0.0955. The molecule has 2 aromatic carbocycles. The van der Waals surface area contributed by atoms with Gasteiger partial charge in [-0.3, -0.25) is 4.79 Å². The van der Waals surface area contributed by atoms with Crippen LogP contribution in [0.1, 0.15) is 15.9 Å². The molecule has 0 heterocycles. The van der Waals surface area contributed by atoms with Gasteiger partial charge in [0.25, 0.3) is 5.91 Å². The van der Waals surface area contributed by atoms with Crippen LogP contribution in [-0.2, 0) is 0 Å². The number of carbonyl (C=O) groups is 1. The molecule has 19 heavy (non-hydrogen) atoms. The smallest absolute Gasteiger partial charge is 0.267 e. The number of carbonyl (C=O) groups excluding carboxylic acids is 1. The molecule has 0 aliphatic heterocycles. The highest BCUT2D eigenvalue weighted by Crippen LogP contribution is 2.10. The zero-order valence-corrected chi connectivity index (χ0v) is 12.1. The van der Waals surface area contributed by atoms with Crippen molar-refractivity contribution >= 4 is 39.7 Å². The van der Waals surface area contributed by atoms with Gasteiger partial charge in [0.05, 0.1) is 6.21 Å². The number of hydrogen-bond donors (Lipinski definition) is 1. The molecule has 0 fully saturated rings. The van der Waals surface area contributed by atoms with Crippen molar-refractivity contribution in [3.05, 3.63) is 69.2 Å². The summed E-state index contributed by atoms with van der Waals surface area (Å²) in [4.78, 5) is 11.7. The summed E-state index contributed by atoms with van der Waals surface area (Å²) in [6.07, 6.45) is 1.58. The predicted octanol–water partition coefficient (Wildman–Crippen LogP) is 3.87. The molecule has 5 heteroatoms. The first kappa shape index (κ1) is 13.8. The first-order chi connectivity index (χ1) is 9.15. The summed E-state index contributed by atoms with van der Waals surface area (Å²) in [7, 11) is 0. The van der Waals surface area contributed by atoms with E-state index in [0.717, 1.165) is 10.0 Å². The quantitative estimate of drug-likeness (QED) is 0.670. The van der Waals surface area contributed by atoms with Gasteiger partial charge in [0.1, 0.15) is 0 Å². The average Bonchev–Trinajstić information content (AvgIpc) is 2.41. The fraction of sp³-hybridized carbons (Fsp3) is 0. The molecule has 0 atom stereocenters. The molecule has 0 radical (unpaired) electrons. The van der Waals surface area contributed by atoms with Crippen LogP contribution in [-0.4, -0.2) is 12.1 Å². The van der Waals surface area contributed by atoms with Crippen LogP contribution < -0.4 is 5.43 Å². The maximum Gasteiger partial charge on any atom is 0.271 e. The van der Waals surface area contributed by atoms with E-state index in [0.29, 0.717) is 10.6 Å². The SMILES string of the molecule is O=C(NN=Cc1ccc(Br)cc1)c1ccc(Cl)cc1. The molecule has 96 valence electrons. The summed E-state index contributed by atoms with van der Waals surface area (Å²) in [5, 5.41) is 4.49. The number of nitrogens with zero attached hydrogens (tertiary/aromatic N) is 1. The summed E-state index contributed by atoms with van der Waals surface area (Å²) < 4.78 is 0.995. The van der Waals surface area contributed by atoms with Gasteiger partial charge in [-0.25, -0.2) is 5.43 Å². The van der Waals surface area contributed by atoms with Gasteiger partial charge in [-0.2, -0.15) is 5.10 Å². The molecule has 0 unspecified atom stereocenters. The van der Waals surface area contributed by atoms with Crippen LogP contribution in [0.4, 0.5) is 0 Å². The van der Waals surface area contributed by atoms with Crippen molar-refractivity contribution in [3.8, 4) is 0 Å². The molecule has 3 nitrogen and oxygen atoms in total. The number of hydrogen-bond acceptors (Lipinski definition) is 2. The molecule has 2 aromatic rings. The van der Waals surface area contributed by atoms with E-state index >= 15 is 0 Å². The highest BCUT2D eigenvalue weighted by Gasteiger charge is 2.02. The van der Waals surface area contributed by atoms with Crippen LogP contribution in [0, 0.1) is 0 Å². The molecule has 2 rings (SSSR count). The third kappa shape index (κ3) is 4.19. The molecule has 0 aliphatic carbocycles. The highest BCUT2D eigenvalue weighted by molar-refractivity contribution is 9.10. The normalized spacial score (nSPS) is 10.6. The number of benzene rings is 2. The van der Waals surface area contributed by atoms with Crippen molar-refractivity contribution in [2.75, 3.05) is 0 Å². The van der Waals surface area contributed by atoms with Gasteiger partial charge >= 0.3 is 0 Å². The molecule has 0 saturated heterocycles. The standard InChI is InChI=1S/C14H10BrClN2O/c15-12-5-1-10(2-6-12)9-17-18-14(19)11-3-7-13(16)8-4-11/h1-9H,(H,18,19). The highest BCUT2D eigenvalue weighted by atomic mass is 79.9. The van der Waals surface area contributed by atoms with Crippen molar-refractivity contribution in [2.45, 2.75) is 0 Å². The van der Waals surface area contributed by atoms with Gasteiger partial charge in [-0.15, -0.1) is 0 Å². The second kappa shape index (κ2) is 6.50. The summed E-state index contributed by atoms with van der Waals surface area (Å²) in [6.45, 7) is 0. The van der Waals surface area contributed by atoms with Crippen LogP contribution >= 0.6 is 27.5 Å². The van der Waals surface area contributed by atoms with E-state index in [2.05, 4.69) is 26.5 Å². The second-order valence-corrected chi connectivity index (χ2v) is 5.11. The maximum absolute atomic E-state index is 11.7. The van der Waals surface area contributed by atoms with E-state index in [4.69, 9.17) is 11.6 Å². The minimum atomic E-state index is -0.273. The minimum absolute atomic E-state index is 0.273. The fourth-order valence-electron chi connectivity index (χ4n) is 1.38. The molecule has 0 bridgehead atoms. The summed E-state index contributed by atoms with van der Waals surface area (Å²) in [5.74, 6) is -0.273. The molecule has 0 saturated carbocycles. The topological polar surface area (TPSA) is 41.5 Å². The Balaban J connectivity index is 1.96. The van der Waals surface area contributed by atoms with Gasteiger partial charge in [0, 0.05) is 15.1 Å². The van der Waals surface area contributed by atoms with Crippen LogP contribution in [0.5, 0.6) is 0 Å². The van der Waals surface area contributed by atoms with E-state index in [1.54, 1.807) is 30.5 Å². The monoisotopic (exact) mass is 336 g/mol. The first-order valence-corrected chi connectivity index (χ1v) is 6.67. The third-order valence-electron chi connectivity index (χ3n) is 2.36. The Morgan fingerprint density at radius 1 is 1.11 bits per heavy atom. The number of hydrazone groups is 1. The molecule has 1 N–H and O–H groups in total. The van der Waals surface area contributed by atoms with Crippen molar-refractivity contribution in [2.24, 2.45) is 5.10 Å². The number of amides is 1. The second-order valence-electron chi connectivity index (χ2n) is 3.76. The van der Waals surface area contributed by atoms with Gasteiger partial charge in [0.2, 0.25) is 0 Å². The van der Waals surface area contributed by atoms with Gasteiger partial charge in [-0.05, 0) is 42.0 Å². The van der Waals surface area contributed by atoms with E-state index in [1.165, 1.54) is 0 Å². The van der Waals surface area contributed by atoms with E-state index in [9.17, 15) is 4.79 Å². The predicted molar refractivity (Wildman–Crippen MR) is 80.7 cm³/mol. The van der Waals surface area contributed by atoms with E-state index in [1.807, 2.05) is 24.3 Å². The molecule has 0 aliphatic rings. The Labute approximate surface area is 124 Å². The Morgan fingerprint density at radius 2 is 1.74 bits per heavy atom. The summed E-state index contributed by atoms with van der Waals surface area (Å²) in [5.41, 5.74) is 3.87. The fourth-order valence-corrected chi connectivity index (χ4v) is 1.77. The Bertz CT molecular complexity index is 594. The molecule has 0 spiro atoms. The summed E-state index contributed by atoms with van der Waals surface area (Å²) >= 11 is 9.10. The van der Waals surface area contributed by atoms with Crippen LogP contribution in [0.15, 0.2) is 58.1 Å². The van der Waals surface area contributed by atoms with Crippen molar-refractivity contribution in [1.82, 2.24) is 5.43 Å². The van der Waals surface area contributed by atoms with Crippen molar-refractivity contribution in [3.63, 3.8) is 0 Å². The molecule has 0 aromatic heterocycles. The molecule has 1 amide bonds. The number of rotatable bonds is 3. The van der Waals surface area contributed by atoms with Crippen molar-refractivity contribution < 1.29 is 4.79 Å². The van der Waals surface area contributed by atoms with Crippen LogP contribution in [0.2, 0.25) is 5.02 Å². The van der Waals surface area contributed by atoms with Crippen molar-refractivity contribution in [1.29, 1.82) is 0 Å². The largest absolute Gasteiger partial charge is 0.271 e. The summed E-state index contributed by atoms with van der Waals surface area (Å²) in [6, 6.07) is 14.2. The first-order valence-electron chi connectivity index (χ1n) is 5.50. The van der Waals surface area contributed by atoms with Gasteiger partial charge in [0.15, 0.2) is 0 Å². The number of nitrogens with one attached hydrogen (secondary N) is 1. The lowest BCUT2D eigenvalue weighted by atomic mass is 10.2. The number of halogens is 2. The zero-order chi connectivity index (χ0) is 13.7. The van der Waals surface area contributed by atoms with Gasteiger partial charge < -0.3 is 0 Å². The van der Waals surface area contributed by atoms with E-state index in [-0.39, 0.29) is 5.91 Å². The van der Waals surface area contributed by atoms with Crippen LogP contribution in [0.25, 0.3) is 0 Å².